The van der Waals surface area contributed by atoms with Gasteiger partial charge >= 0.3 is 5.97 Å². The number of nitrogens with one attached hydrogen (secondary N) is 1. The Bertz CT molecular complexity index is 469. The predicted octanol–water partition coefficient (Wildman–Crippen LogP) is 1.55. The van der Waals surface area contributed by atoms with Gasteiger partial charge in [0.25, 0.3) is 0 Å². The zero-order valence-electron chi connectivity index (χ0n) is 10.5. The van der Waals surface area contributed by atoms with Gasteiger partial charge in [-0.2, -0.15) is 0 Å². The van der Waals surface area contributed by atoms with Crippen LogP contribution in [0.2, 0.25) is 0 Å². The minimum Gasteiger partial charge on any atom is -0.480 e. The molecule has 0 radical (unpaired) electrons. The van der Waals surface area contributed by atoms with Crippen molar-refractivity contribution in [3.63, 3.8) is 0 Å². The van der Waals surface area contributed by atoms with Crippen LogP contribution in [0.15, 0.2) is 30.3 Å². The van der Waals surface area contributed by atoms with Crippen molar-refractivity contribution in [3.05, 3.63) is 35.9 Å². The molecule has 0 bridgehead atoms. The zero-order chi connectivity index (χ0) is 13.3. The number of amides is 1. The Hall–Kier alpha value is -1.84. The molecular formula is C14H17NO3. The summed E-state index contributed by atoms with van der Waals surface area (Å²) in [7, 11) is 0. The summed E-state index contributed by atoms with van der Waals surface area (Å²) in [6, 6.07) is 8.58. The summed E-state index contributed by atoms with van der Waals surface area (Å²) in [4.78, 5) is 23.1. The van der Waals surface area contributed by atoms with E-state index >= 15 is 0 Å². The van der Waals surface area contributed by atoms with Crippen molar-refractivity contribution < 1.29 is 14.7 Å². The van der Waals surface area contributed by atoms with E-state index in [-0.39, 0.29) is 18.2 Å². The fraction of sp³-hybridized carbons (Fsp3) is 0.429. The second-order valence-electron chi connectivity index (χ2n) is 5.08. The normalized spacial score (nSPS) is 27.3. The molecule has 2 atom stereocenters. The lowest BCUT2D eigenvalue weighted by molar-refractivity contribution is -0.141. The van der Waals surface area contributed by atoms with E-state index in [9.17, 15) is 14.7 Å². The largest absolute Gasteiger partial charge is 0.480 e. The van der Waals surface area contributed by atoms with E-state index in [2.05, 4.69) is 5.32 Å². The lowest BCUT2D eigenvalue weighted by atomic mass is 9.66. The van der Waals surface area contributed by atoms with Crippen molar-refractivity contribution >= 4 is 11.9 Å². The Morgan fingerprint density at radius 3 is 2.50 bits per heavy atom. The fourth-order valence-corrected chi connectivity index (χ4v) is 2.88. The van der Waals surface area contributed by atoms with E-state index in [0.717, 1.165) is 5.56 Å². The molecule has 2 N–H and O–H groups in total. The molecule has 1 aromatic rings. The van der Waals surface area contributed by atoms with Crippen LogP contribution in [0.1, 0.15) is 25.8 Å². The number of aliphatic carboxylic acids is 1. The average Bonchev–Trinajstić information content (AvgIpc) is 2.69. The quantitative estimate of drug-likeness (QED) is 0.851. The summed E-state index contributed by atoms with van der Waals surface area (Å²) in [5, 5.41) is 11.9. The standard InChI is InChI=1S/C14H17NO3/c1-9(2)14(10-6-4-3-5-7-10)8-11(16)15-12(14)13(17)18/h3-7,9,12H,8H2,1-2H3,(H,15,16)(H,17,18). The highest BCUT2D eigenvalue weighted by Crippen LogP contribution is 2.42. The third-order valence-electron chi connectivity index (χ3n) is 3.86. The lowest BCUT2D eigenvalue weighted by Gasteiger charge is -2.36. The summed E-state index contributed by atoms with van der Waals surface area (Å²) < 4.78 is 0. The number of rotatable bonds is 3. The van der Waals surface area contributed by atoms with Crippen LogP contribution in [-0.2, 0) is 15.0 Å². The van der Waals surface area contributed by atoms with Gasteiger partial charge in [-0.25, -0.2) is 4.79 Å². The number of benzene rings is 1. The second-order valence-corrected chi connectivity index (χ2v) is 5.08. The van der Waals surface area contributed by atoms with Crippen LogP contribution in [0.4, 0.5) is 0 Å². The third kappa shape index (κ3) is 1.78. The SMILES string of the molecule is CC(C)C1(c2ccccc2)CC(=O)NC1C(=O)O. The van der Waals surface area contributed by atoms with E-state index in [0.29, 0.717) is 0 Å². The van der Waals surface area contributed by atoms with Crippen LogP contribution in [-0.4, -0.2) is 23.0 Å². The van der Waals surface area contributed by atoms with Crippen LogP contribution >= 0.6 is 0 Å². The monoisotopic (exact) mass is 247 g/mol. The first-order valence-corrected chi connectivity index (χ1v) is 6.06. The van der Waals surface area contributed by atoms with Gasteiger partial charge in [0.2, 0.25) is 5.91 Å². The molecule has 0 aromatic heterocycles. The van der Waals surface area contributed by atoms with Crippen molar-refractivity contribution in [1.29, 1.82) is 0 Å². The van der Waals surface area contributed by atoms with E-state index in [4.69, 9.17) is 0 Å². The van der Waals surface area contributed by atoms with Crippen LogP contribution < -0.4 is 5.32 Å². The van der Waals surface area contributed by atoms with Crippen molar-refractivity contribution in [2.75, 3.05) is 0 Å². The first-order valence-electron chi connectivity index (χ1n) is 6.06. The topological polar surface area (TPSA) is 66.4 Å². The molecule has 2 rings (SSSR count). The van der Waals surface area contributed by atoms with E-state index in [1.165, 1.54) is 0 Å². The van der Waals surface area contributed by atoms with Crippen LogP contribution in [0.3, 0.4) is 0 Å². The number of carbonyl (C=O) groups is 2. The van der Waals surface area contributed by atoms with Gasteiger partial charge in [-0.15, -0.1) is 0 Å². The highest BCUT2D eigenvalue weighted by atomic mass is 16.4. The van der Waals surface area contributed by atoms with Gasteiger partial charge < -0.3 is 10.4 Å². The molecule has 1 fully saturated rings. The molecule has 0 aliphatic carbocycles. The van der Waals surface area contributed by atoms with Crippen molar-refractivity contribution in [1.82, 2.24) is 5.32 Å². The summed E-state index contributed by atoms with van der Waals surface area (Å²) in [6.45, 7) is 3.92. The second kappa shape index (κ2) is 4.44. The van der Waals surface area contributed by atoms with Crippen LogP contribution in [0.25, 0.3) is 0 Å². The predicted molar refractivity (Wildman–Crippen MR) is 67.1 cm³/mol. The van der Waals surface area contributed by atoms with Gasteiger partial charge in [0.15, 0.2) is 0 Å². The molecule has 4 heteroatoms. The van der Waals surface area contributed by atoms with Crippen LogP contribution in [0, 0.1) is 5.92 Å². The summed E-state index contributed by atoms with van der Waals surface area (Å²) >= 11 is 0. The van der Waals surface area contributed by atoms with Gasteiger partial charge in [0.1, 0.15) is 6.04 Å². The summed E-state index contributed by atoms with van der Waals surface area (Å²) in [6.07, 6.45) is 0.228. The number of hydrogen-bond acceptors (Lipinski definition) is 2. The zero-order valence-corrected chi connectivity index (χ0v) is 10.5. The van der Waals surface area contributed by atoms with Gasteiger partial charge in [0, 0.05) is 11.8 Å². The molecule has 1 aliphatic heterocycles. The molecular weight excluding hydrogens is 230 g/mol. The molecule has 1 heterocycles. The smallest absolute Gasteiger partial charge is 0.327 e. The molecule has 1 saturated heterocycles. The van der Waals surface area contributed by atoms with Gasteiger partial charge in [0.05, 0.1) is 0 Å². The van der Waals surface area contributed by atoms with Crippen molar-refractivity contribution in [2.45, 2.75) is 31.7 Å². The molecule has 1 aliphatic rings. The van der Waals surface area contributed by atoms with Crippen LogP contribution in [0.5, 0.6) is 0 Å². The fourth-order valence-electron chi connectivity index (χ4n) is 2.88. The highest BCUT2D eigenvalue weighted by Gasteiger charge is 2.53. The molecule has 0 spiro atoms. The van der Waals surface area contributed by atoms with Gasteiger partial charge in [-0.1, -0.05) is 44.2 Å². The van der Waals surface area contributed by atoms with E-state index < -0.39 is 17.4 Å². The minimum absolute atomic E-state index is 0.0555. The molecule has 2 unspecified atom stereocenters. The molecule has 4 nitrogen and oxygen atoms in total. The molecule has 18 heavy (non-hydrogen) atoms. The number of carboxylic acids is 1. The Labute approximate surface area is 106 Å². The Kier molecular flexibility index (Phi) is 3.11. The number of carboxylic acid groups (broad SMARTS) is 1. The Balaban J connectivity index is 2.56. The first kappa shape index (κ1) is 12.6. The maximum absolute atomic E-state index is 11.7. The Morgan fingerprint density at radius 1 is 1.39 bits per heavy atom. The van der Waals surface area contributed by atoms with Crippen molar-refractivity contribution in [3.8, 4) is 0 Å². The van der Waals surface area contributed by atoms with E-state index in [1.807, 2.05) is 44.2 Å². The van der Waals surface area contributed by atoms with E-state index in [1.54, 1.807) is 0 Å². The van der Waals surface area contributed by atoms with Gasteiger partial charge in [-0.05, 0) is 11.5 Å². The summed E-state index contributed by atoms with van der Waals surface area (Å²) in [5.74, 6) is -1.11. The number of carbonyl (C=O) groups excluding carboxylic acids is 1. The number of hydrogen-bond donors (Lipinski definition) is 2. The summed E-state index contributed by atoms with van der Waals surface area (Å²) in [5.41, 5.74) is 0.246. The maximum atomic E-state index is 11.7. The highest BCUT2D eigenvalue weighted by molar-refractivity contribution is 5.91. The minimum atomic E-state index is -0.974. The van der Waals surface area contributed by atoms with Gasteiger partial charge in [-0.3, -0.25) is 4.79 Å². The molecule has 1 aromatic carbocycles. The first-order chi connectivity index (χ1) is 8.48. The lowest BCUT2D eigenvalue weighted by Crippen LogP contribution is -2.49. The Morgan fingerprint density at radius 2 is 2.00 bits per heavy atom. The molecule has 0 saturated carbocycles. The third-order valence-corrected chi connectivity index (χ3v) is 3.86. The maximum Gasteiger partial charge on any atom is 0.327 e. The average molecular weight is 247 g/mol. The molecule has 96 valence electrons. The molecule has 1 amide bonds. The van der Waals surface area contributed by atoms with Crippen molar-refractivity contribution in [2.24, 2.45) is 5.92 Å².